The van der Waals surface area contributed by atoms with Crippen LogP contribution in [0.1, 0.15) is 23.7 Å². The van der Waals surface area contributed by atoms with Gasteiger partial charge in [0.25, 0.3) is 0 Å². The second-order valence-corrected chi connectivity index (χ2v) is 4.01. The van der Waals surface area contributed by atoms with Crippen molar-refractivity contribution in [1.29, 1.82) is 0 Å². The van der Waals surface area contributed by atoms with Gasteiger partial charge < -0.3 is 4.74 Å². The van der Waals surface area contributed by atoms with Gasteiger partial charge >= 0.3 is 5.97 Å². The molecule has 3 nitrogen and oxygen atoms in total. The number of hydrogen-bond acceptors (Lipinski definition) is 3. The molecule has 7 heteroatoms. The highest BCUT2D eigenvalue weighted by Gasteiger charge is 2.22. The van der Waals surface area contributed by atoms with Crippen molar-refractivity contribution in [3.05, 3.63) is 33.3 Å². The molecule has 0 heterocycles. The Morgan fingerprint density at radius 1 is 1.28 bits per heavy atom. The highest BCUT2D eigenvalue weighted by molar-refractivity contribution is 6.44. The van der Waals surface area contributed by atoms with Crippen LogP contribution in [0, 0.1) is 11.6 Å². The Morgan fingerprint density at radius 2 is 1.89 bits per heavy atom. The highest BCUT2D eigenvalue weighted by atomic mass is 35.5. The van der Waals surface area contributed by atoms with Crippen LogP contribution in [0.25, 0.3) is 0 Å². The molecule has 1 aromatic carbocycles. The molecule has 0 aliphatic heterocycles. The Balaban J connectivity index is 3.04. The maximum absolute atomic E-state index is 13.1. The van der Waals surface area contributed by atoms with E-state index < -0.39 is 39.9 Å². The topological polar surface area (TPSA) is 43.4 Å². The summed E-state index contributed by atoms with van der Waals surface area (Å²) in [6.07, 6.45) is -0.616. The summed E-state index contributed by atoms with van der Waals surface area (Å²) in [5.74, 6) is -4.22. The van der Waals surface area contributed by atoms with Crippen molar-refractivity contribution in [3.8, 4) is 0 Å². The van der Waals surface area contributed by atoms with E-state index >= 15 is 0 Å². The first kappa shape index (κ1) is 14.9. The first-order valence-corrected chi connectivity index (χ1v) is 5.65. The Kier molecular flexibility index (Phi) is 5.04. The maximum Gasteiger partial charge on any atom is 0.313 e. The van der Waals surface area contributed by atoms with Gasteiger partial charge in [0.05, 0.1) is 16.7 Å². The third-order valence-electron chi connectivity index (χ3n) is 2.01. The van der Waals surface area contributed by atoms with Gasteiger partial charge in [0, 0.05) is 5.56 Å². The van der Waals surface area contributed by atoms with Gasteiger partial charge in [-0.25, -0.2) is 8.78 Å². The summed E-state index contributed by atoms with van der Waals surface area (Å²) in [5.41, 5.74) is -0.353. The summed E-state index contributed by atoms with van der Waals surface area (Å²) in [6.45, 7) is 1.68. The molecule has 0 saturated carbocycles. The molecule has 0 bridgehead atoms. The molecule has 0 aromatic heterocycles. The van der Waals surface area contributed by atoms with Crippen molar-refractivity contribution in [2.75, 3.05) is 6.61 Å². The van der Waals surface area contributed by atoms with Crippen LogP contribution in [-0.2, 0) is 9.53 Å². The summed E-state index contributed by atoms with van der Waals surface area (Å²) in [5, 5.41) is -1.12. The smallest absolute Gasteiger partial charge is 0.313 e. The van der Waals surface area contributed by atoms with Crippen LogP contribution >= 0.6 is 23.2 Å². The highest BCUT2D eigenvalue weighted by Crippen LogP contribution is 2.31. The van der Waals surface area contributed by atoms with E-state index in [1.54, 1.807) is 6.92 Å². The molecule has 1 rings (SSSR count). The molecule has 0 radical (unpaired) electrons. The lowest BCUT2D eigenvalue weighted by molar-refractivity contribution is -0.141. The van der Waals surface area contributed by atoms with E-state index in [-0.39, 0.29) is 12.2 Å². The molecule has 1 aromatic rings. The van der Waals surface area contributed by atoms with Crippen molar-refractivity contribution >= 4 is 35.0 Å². The molecular formula is C11H8Cl2F2O3. The second kappa shape index (κ2) is 6.11. The third kappa shape index (κ3) is 3.17. The predicted molar refractivity (Wildman–Crippen MR) is 62.0 cm³/mol. The molecule has 0 N–H and O–H groups in total. The number of benzene rings is 1. The normalized spacial score (nSPS) is 10.3. The van der Waals surface area contributed by atoms with Gasteiger partial charge in [0.2, 0.25) is 0 Å². The zero-order valence-electron chi connectivity index (χ0n) is 9.23. The van der Waals surface area contributed by atoms with Crippen LogP contribution in [0.2, 0.25) is 10.0 Å². The molecule has 18 heavy (non-hydrogen) atoms. The second-order valence-electron chi connectivity index (χ2n) is 3.25. The van der Waals surface area contributed by atoms with Crippen molar-refractivity contribution in [2.45, 2.75) is 13.3 Å². The van der Waals surface area contributed by atoms with E-state index in [1.807, 2.05) is 0 Å². The number of esters is 1. The molecule has 0 atom stereocenters. The molecule has 98 valence electrons. The minimum atomic E-state index is -1.34. The fraction of sp³-hybridized carbons (Fsp3) is 0.273. The minimum absolute atomic E-state index is 0.110. The maximum atomic E-state index is 13.1. The van der Waals surface area contributed by atoms with E-state index in [9.17, 15) is 18.4 Å². The van der Waals surface area contributed by atoms with Crippen molar-refractivity contribution < 1.29 is 23.1 Å². The van der Waals surface area contributed by atoms with Crippen LogP contribution in [0.4, 0.5) is 8.78 Å². The number of ketones is 1. The molecule has 0 amide bonds. The first-order chi connectivity index (χ1) is 8.38. The third-order valence-corrected chi connectivity index (χ3v) is 2.86. The SMILES string of the molecule is CCOC(=O)CC(=O)c1cc(F)c(F)c(Cl)c1Cl. The van der Waals surface area contributed by atoms with E-state index in [2.05, 4.69) is 4.74 Å². The average molecular weight is 297 g/mol. The summed E-state index contributed by atoms with van der Waals surface area (Å²) >= 11 is 11.0. The van der Waals surface area contributed by atoms with Gasteiger partial charge in [-0.05, 0) is 13.0 Å². The van der Waals surface area contributed by atoms with Gasteiger partial charge in [-0.3, -0.25) is 9.59 Å². The molecule has 0 fully saturated rings. The largest absolute Gasteiger partial charge is 0.466 e. The van der Waals surface area contributed by atoms with E-state index in [1.165, 1.54) is 0 Å². The Labute approximate surface area is 112 Å². The quantitative estimate of drug-likeness (QED) is 0.281. The Morgan fingerprint density at radius 3 is 2.44 bits per heavy atom. The fourth-order valence-electron chi connectivity index (χ4n) is 1.21. The van der Waals surface area contributed by atoms with E-state index in [0.717, 1.165) is 0 Å². The summed E-state index contributed by atoms with van der Waals surface area (Å²) < 4.78 is 30.7. The van der Waals surface area contributed by atoms with Gasteiger partial charge in [-0.15, -0.1) is 0 Å². The monoisotopic (exact) mass is 296 g/mol. The molecule has 0 aliphatic carbocycles. The zero-order valence-corrected chi connectivity index (χ0v) is 10.7. The predicted octanol–water partition coefficient (Wildman–Crippen LogP) is 3.41. The Bertz CT molecular complexity index is 504. The zero-order chi connectivity index (χ0) is 13.9. The van der Waals surface area contributed by atoms with Crippen LogP contribution in [0.5, 0.6) is 0 Å². The Hall–Kier alpha value is -1.20. The van der Waals surface area contributed by atoms with E-state index in [4.69, 9.17) is 23.2 Å². The first-order valence-electron chi connectivity index (χ1n) is 4.90. The summed E-state index contributed by atoms with van der Waals surface area (Å²) in [7, 11) is 0. The number of ether oxygens (including phenoxy) is 1. The van der Waals surface area contributed by atoms with Crippen LogP contribution in [0.15, 0.2) is 6.07 Å². The van der Waals surface area contributed by atoms with Gasteiger partial charge in [0.15, 0.2) is 17.4 Å². The number of Topliss-reactive ketones (excluding diaryl/α,β-unsaturated/α-hetero) is 1. The number of halogens is 4. The lowest BCUT2D eigenvalue weighted by Crippen LogP contribution is -2.12. The number of hydrogen-bond donors (Lipinski definition) is 0. The van der Waals surface area contributed by atoms with Crippen LogP contribution < -0.4 is 0 Å². The summed E-state index contributed by atoms with van der Waals surface area (Å²) in [4.78, 5) is 22.7. The number of carbonyl (C=O) groups is 2. The standard InChI is InChI=1S/C11H8Cl2F2O3/c1-2-18-8(17)4-7(16)5-3-6(14)11(15)10(13)9(5)12/h3H,2,4H2,1H3. The van der Waals surface area contributed by atoms with Crippen molar-refractivity contribution in [3.63, 3.8) is 0 Å². The number of rotatable bonds is 4. The van der Waals surface area contributed by atoms with Gasteiger partial charge in [-0.2, -0.15) is 0 Å². The van der Waals surface area contributed by atoms with E-state index in [0.29, 0.717) is 6.07 Å². The molecule has 0 aliphatic rings. The molecular weight excluding hydrogens is 289 g/mol. The lowest BCUT2D eigenvalue weighted by Gasteiger charge is -2.06. The van der Waals surface area contributed by atoms with Gasteiger partial charge in [0.1, 0.15) is 6.42 Å². The molecule has 0 unspecified atom stereocenters. The average Bonchev–Trinajstić information content (AvgIpc) is 2.31. The van der Waals surface area contributed by atoms with Crippen molar-refractivity contribution in [2.24, 2.45) is 0 Å². The van der Waals surface area contributed by atoms with Crippen molar-refractivity contribution in [1.82, 2.24) is 0 Å². The number of carbonyl (C=O) groups excluding carboxylic acids is 2. The lowest BCUT2D eigenvalue weighted by atomic mass is 10.1. The van der Waals surface area contributed by atoms with Crippen LogP contribution in [0.3, 0.4) is 0 Å². The molecule has 0 saturated heterocycles. The fourth-order valence-corrected chi connectivity index (χ4v) is 1.65. The minimum Gasteiger partial charge on any atom is -0.466 e. The van der Waals surface area contributed by atoms with Crippen LogP contribution in [-0.4, -0.2) is 18.4 Å². The molecule has 0 spiro atoms. The summed E-state index contributed by atoms with van der Waals surface area (Å²) in [6, 6.07) is 0.602. The van der Waals surface area contributed by atoms with Gasteiger partial charge in [-0.1, -0.05) is 23.2 Å².